The van der Waals surface area contributed by atoms with E-state index in [9.17, 15) is 0 Å². The third-order valence-corrected chi connectivity index (χ3v) is 4.64. The van der Waals surface area contributed by atoms with Crippen LogP contribution in [-0.4, -0.2) is 42.1 Å². The molecular weight excluding hydrogens is 290 g/mol. The van der Waals surface area contributed by atoms with Gasteiger partial charge in [-0.1, -0.05) is 12.8 Å². The van der Waals surface area contributed by atoms with E-state index < -0.39 is 0 Å². The second kappa shape index (κ2) is 5.57. The van der Waals surface area contributed by atoms with Crippen LogP contribution in [0.4, 0.5) is 5.69 Å². The molecule has 18 heavy (non-hydrogen) atoms. The Bertz CT molecular complexity index is 396. The molecule has 1 aliphatic heterocycles. The number of hydrogen-bond acceptors (Lipinski definition) is 3. The van der Waals surface area contributed by atoms with Crippen LogP contribution in [0.2, 0.25) is 0 Å². The summed E-state index contributed by atoms with van der Waals surface area (Å²) < 4.78 is 1.07. The van der Waals surface area contributed by atoms with E-state index in [1.54, 1.807) is 0 Å². The van der Waals surface area contributed by atoms with E-state index in [2.05, 4.69) is 36.8 Å². The summed E-state index contributed by atoms with van der Waals surface area (Å²) in [6.45, 7) is 4.68. The number of rotatable bonds is 2. The van der Waals surface area contributed by atoms with Gasteiger partial charge in [0, 0.05) is 42.9 Å². The van der Waals surface area contributed by atoms with Gasteiger partial charge >= 0.3 is 0 Å². The van der Waals surface area contributed by atoms with Gasteiger partial charge in [0.15, 0.2) is 0 Å². The van der Waals surface area contributed by atoms with Crippen LogP contribution in [0.25, 0.3) is 0 Å². The fourth-order valence-corrected chi connectivity index (χ4v) is 3.54. The van der Waals surface area contributed by atoms with Crippen molar-refractivity contribution < 1.29 is 0 Å². The summed E-state index contributed by atoms with van der Waals surface area (Å²) in [4.78, 5) is 9.39. The third kappa shape index (κ3) is 2.69. The van der Waals surface area contributed by atoms with Gasteiger partial charge in [-0.3, -0.25) is 9.88 Å². The lowest BCUT2D eigenvalue weighted by Gasteiger charge is -2.39. The Balaban J connectivity index is 1.59. The predicted molar refractivity (Wildman–Crippen MR) is 78.0 cm³/mol. The molecule has 4 heteroatoms. The number of halogens is 1. The molecule has 3 nitrogen and oxygen atoms in total. The van der Waals surface area contributed by atoms with Crippen molar-refractivity contribution in [3.63, 3.8) is 0 Å². The predicted octanol–water partition coefficient (Wildman–Crippen LogP) is 2.91. The highest BCUT2D eigenvalue weighted by atomic mass is 79.9. The maximum absolute atomic E-state index is 4.25. The van der Waals surface area contributed by atoms with Crippen molar-refractivity contribution in [2.45, 2.75) is 31.7 Å². The van der Waals surface area contributed by atoms with E-state index in [0.29, 0.717) is 0 Å². The molecule has 3 rings (SSSR count). The Kier molecular flexibility index (Phi) is 3.85. The molecule has 2 aliphatic rings. The maximum Gasteiger partial charge on any atom is 0.0564 e. The first kappa shape index (κ1) is 12.4. The smallest absolute Gasteiger partial charge is 0.0564 e. The summed E-state index contributed by atoms with van der Waals surface area (Å²) in [7, 11) is 0. The quantitative estimate of drug-likeness (QED) is 0.837. The lowest BCUT2D eigenvalue weighted by Crippen LogP contribution is -2.49. The summed E-state index contributed by atoms with van der Waals surface area (Å²) in [6, 6.07) is 3.03. The van der Waals surface area contributed by atoms with Crippen LogP contribution >= 0.6 is 15.9 Å². The van der Waals surface area contributed by atoms with E-state index in [1.165, 1.54) is 44.5 Å². The summed E-state index contributed by atoms with van der Waals surface area (Å²) in [5.74, 6) is 0. The van der Waals surface area contributed by atoms with Crippen molar-refractivity contribution in [1.82, 2.24) is 9.88 Å². The lowest BCUT2D eigenvalue weighted by molar-refractivity contribution is 0.187. The molecule has 0 spiro atoms. The van der Waals surface area contributed by atoms with Crippen LogP contribution in [0.5, 0.6) is 0 Å². The molecule has 1 saturated heterocycles. The van der Waals surface area contributed by atoms with Crippen LogP contribution in [0.1, 0.15) is 25.7 Å². The number of piperazine rings is 1. The van der Waals surface area contributed by atoms with E-state index >= 15 is 0 Å². The first-order chi connectivity index (χ1) is 8.83. The summed E-state index contributed by atoms with van der Waals surface area (Å²) in [6.07, 6.45) is 9.51. The molecule has 98 valence electrons. The average Bonchev–Trinajstić information content (AvgIpc) is 2.93. The SMILES string of the molecule is Brc1cncc(N2CCN(C3CCCC3)CC2)c1. The second-order valence-electron chi connectivity index (χ2n) is 5.32. The number of nitrogens with zero attached hydrogens (tertiary/aromatic N) is 3. The Morgan fingerprint density at radius 1 is 1.06 bits per heavy atom. The van der Waals surface area contributed by atoms with Gasteiger partial charge in [-0.25, -0.2) is 0 Å². The standard InChI is InChI=1S/C14H20BrN3/c15-12-9-14(11-16-10-12)18-7-5-17(6-8-18)13-3-1-2-4-13/h9-11,13H,1-8H2. The third-order valence-electron chi connectivity index (χ3n) is 4.21. The molecular formula is C14H20BrN3. The zero-order valence-corrected chi connectivity index (χ0v) is 12.3. The highest BCUT2D eigenvalue weighted by Crippen LogP contribution is 2.26. The molecule has 0 radical (unpaired) electrons. The topological polar surface area (TPSA) is 19.4 Å². The van der Waals surface area contributed by atoms with Crippen LogP contribution in [0.15, 0.2) is 22.9 Å². The van der Waals surface area contributed by atoms with E-state index in [0.717, 1.165) is 23.6 Å². The first-order valence-electron chi connectivity index (χ1n) is 6.92. The number of aromatic nitrogens is 1. The largest absolute Gasteiger partial charge is 0.368 e. The van der Waals surface area contributed by atoms with Crippen LogP contribution < -0.4 is 4.90 Å². The number of hydrogen-bond donors (Lipinski definition) is 0. The van der Waals surface area contributed by atoms with Gasteiger partial charge in [0.25, 0.3) is 0 Å². The Hall–Kier alpha value is -0.610. The van der Waals surface area contributed by atoms with Crippen LogP contribution in [-0.2, 0) is 0 Å². The molecule has 0 aromatic carbocycles. The van der Waals surface area contributed by atoms with Crippen LogP contribution in [0.3, 0.4) is 0 Å². The van der Waals surface area contributed by atoms with Gasteiger partial charge < -0.3 is 4.90 Å². The zero-order valence-electron chi connectivity index (χ0n) is 10.7. The van der Waals surface area contributed by atoms with Crippen molar-refractivity contribution in [1.29, 1.82) is 0 Å². The minimum Gasteiger partial charge on any atom is -0.368 e. The lowest BCUT2D eigenvalue weighted by atomic mass is 10.1. The molecule has 0 bridgehead atoms. The molecule has 0 N–H and O–H groups in total. The second-order valence-corrected chi connectivity index (χ2v) is 6.24. The number of anilines is 1. The summed E-state index contributed by atoms with van der Waals surface area (Å²) in [5.41, 5.74) is 1.25. The van der Waals surface area contributed by atoms with E-state index in [1.807, 2.05) is 12.4 Å². The molecule has 1 aromatic heterocycles. The zero-order chi connectivity index (χ0) is 12.4. The first-order valence-corrected chi connectivity index (χ1v) is 7.72. The van der Waals surface area contributed by atoms with Crippen molar-refractivity contribution in [3.8, 4) is 0 Å². The Labute approximate surface area is 117 Å². The molecule has 0 atom stereocenters. The summed E-state index contributed by atoms with van der Waals surface area (Å²) >= 11 is 3.49. The fraction of sp³-hybridized carbons (Fsp3) is 0.643. The summed E-state index contributed by atoms with van der Waals surface area (Å²) in [5, 5.41) is 0. The van der Waals surface area contributed by atoms with E-state index in [-0.39, 0.29) is 0 Å². The van der Waals surface area contributed by atoms with Gasteiger partial charge in [-0.2, -0.15) is 0 Å². The normalized spacial score (nSPS) is 22.6. The van der Waals surface area contributed by atoms with Gasteiger partial charge in [0.1, 0.15) is 0 Å². The molecule has 2 fully saturated rings. The monoisotopic (exact) mass is 309 g/mol. The van der Waals surface area contributed by atoms with Gasteiger partial charge in [-0.15, -0.1) is 0 Å². The van der Waals surface area contributed by atoms with Gasteiger partial charge in [0.2, 0.25) is 0 Å². The Morgan fingerprint density at radius 2 is 1.78 bits per heavy atom. The molecule has 0 unspecified atom stereocenters. The van der Waals surface area contributed by atoms with Crippen LogP contribution in [0, 0.1) is 0 Å². The Morgan fingerprint density at radius 3 is 2.44 bits per heavy atom. The molecule has 2 heterocycles. The van der Waals surface area contributed by atoms with E-state index in [4.69, 9.17) is 0 Å². The molecule has 0 amide bonds. The maximum atomic E-state index is 4.25. The van der Waals surface area contributed by atoms with Crippen molar-refractivity contribution in [3.05, 3.63) is 22.9 Å². The minimum absolute atomic E-state index is 0.868. The van der Waals surface area contributed by atoms with Crippen molar-refractivity contribution >= 4 is 21.6 Å². The van der Waals surface area contributed by atoms with Crippen molar-refractivity contribution in [2.24, 2.45) is 0 Å². The van der Waals surface area contributed by atoms with Gasteiger partial charge in [-0.05, 0) is 34.8 Å². The fourth-order valence-electron chi connectivity index (χ4n) is 3.19. The highest BCUT2D eigenvalue weighted by molar-refractivity contribution is 9.10. The average molecular weight is 310 g/mol. The minimum atomic E-state index is 0.868. The van der Waals surface area contributed by atoms with Gasteiger partial charge in [0.05, 0.1) is 11.9 Å². The van der Waals surface area contributed by atoms with Crippen molar-refractivity contribution in [2.75, 3.05) is 31.1 Å². The number of pyridine rings is 1. The highest BCUT2D eigenvalue weighted by Gasteiger charge is 2.26. The molecule has 1 saturated carbocycles. The molecule has 1 aliphatic carbocycles. The molecule has 1 aromatic rings.